The Morgan fingerprint density at radius 1 is 1.26 bits per heavy atom. The molecule has 0 spiro atoms. The van der Waals surface area contributed by atoms with E-state index in [1.807, 2.05) is 0 Å². The molecule has 0 saturated heterocycles. The minimum Gasteiger partial charge on any atom is -0.369 e. The second-order valence-corrected chi connectivity index (χ2v) is 8.42. The third-order valence-electron chi connectivity index (χ3n) is 5.20. The van der Waals surface area contributed by atoms with Crippen molar-refractivity contribution < 1.29 is 14.3 Å². The molecule has 31 heavy (non-hydrogen) atoms. The van der Waals surface area contributed by atoms with E-state index in [1.54, 1.807) is 24.4 Å². The Labute approximate surface area is 181 Å². The van der Waals surface area contributed by atoms with Gasteiger partial charge in [0.25, 0.3) is 0 Å². The van der Waals surface area contributed by atoms with E-state index in [1.165, 1.54) is 6.07 Å². The van der Waals surface area contributed by atoms with Crippen molar-refractivity contribution in [1.82, 2.24) is 25.4 Å². The number of aliphatic hydroxyl groups is 1. The molecular formula is C19H21FN8O2S. The van der Waals surface area contributed by atoms with Crippen molar-refractivity contribution in [2.75, 3.05) is 17.2 Å². The lowest BCUT2D eigenvalue weighted by atomic mass is 9.66. The Balaban J connectivity index is 1.36. The summed E-state index contributed by atoms with van der Waals surface area (Å²) >= 11 is 1.11. The van der Waals surface area contributed by atoms with Crippen molar-refractivity contribution in [2.45, 2.75) is 37.3 Å². The molecule has 1 aliphatic rings. The van der Waals surface area contributed by atoms with E-state index in [0.29, 0.717) is 28.2 Å². The summed E-state index contributed by atoms with van der Waals surface area (Å²) in [6.45, 7) is 0.489. The number of nitrogens with zero attached hydrogens (tertiary/aromatic N) is 5. The smallest absolute Gasteiger partial charge is 0.224 e. The lowest BCUT2D eigenvalue weighted by molar-refractivity contribution is -0.117. The zero-order valence-electron chi connectivity index (χ0n) is 16.5. The Bertz CT molecular complexity index is 1060. The standard InChI is InChI=1S/C19H21FN8O2S/c20-11-3-1-8-22-16(11)19(6-2-7-19)10-23-14-5-4-12(25-26-14)17(30)24-18-28-27-15(31-18)9-13(21)29/h1,3-5,8,17,30H,2,6-7,9-10H2,(H2,21,29)(H,23,26)(H,24,28). The molecule has 0 aliphatic heterocycles. The fourth-order valence-electron chi connectivity index (χ4n) is 3.44. The number of hydrogen-bond acceptors (Lipinski definition) is 10. The van der Waals surface area contributed by atoms with Crippen LogP contribution in [-0.2, 0) is 16.6 Å². The van der Waals surface area contributed by atoms with Crippen LogP contribution in [0.2, 0.25) is 0 Å². The average Bonchev–Trinajstić information content (AvgIpc) is 3.14. The Morgan fingerprint density at radius 3 is 2.74 bits per heavy atom. The van der Waals surface area contributed by atoms with Crippen LogP contribution < -0.4 is 16.4 Å². The number of aromatic nitrogens is 5. The van der Waals surface area contributed by atoms with E-state index in [2.05, 4.69) is 36.0 Å². The third-order valence-corrected chi connectivity index (χ3v) is 6.05. The van der Waals surface area contributed by atoms with E-state index in [0.717, 1.165) is 30.6 Å². The highest BCUT2D eigenvalue weighted by Crippen LogP contribution is 2.43. The van der Waals surface area contributed by atoms with Crippen molar-refractivity contribution in [2.24, 2.45) is 5.73 Å². The van der Waals surface area contributed by atoms with Crippen LogP contribution in [0.4, 0.5) is 15.3 Å². The van der Waals surface area contributed by atoms with Crippen LogP contribution in [0.3, 0.4) is 0 Å². The molecule has 1 amide bonds. The lowest BCUT2D eigenvalue weighted by Crippen LogP contribution is -2.42. The monoisotopic (exact) mass is 444 g/mol. The van der Waals surface area contributed by atoms with Crippen molar-refractivity contribution >= 4 is 28.2 Å². The fraction of sp³-hybridized carbons (Fsp3) is 0.368. The predicted molar refractivity (Wildman–Crippen MR) is 112 cm³/mol. The Kier molecular flexibility index (Phi) is 6.00. The van der Waals surface area contributed by atoms with Gasteiger partial charge in [0.05, 0.1) is 12.1 Å². The van der Waals surface area contributed by atoms with E-state index >= 15 is 0 Å². The summed E-state index contributed by atoms with van der Waals surface area (Å²) in [7, 11) is 0. The molecule has 0 aromatic carbocycles. The predicted octanol–water partition coefficient (Wildman–Crippen LogP) is 1.53. The number of pyridine rings is 1. The molecule has 1 fully saturated rings. The number of primary amides is 1. The van der Waals surface area contributed by atoms with E-state index < -0.39 is 12.1 Å². The molecule has 4 rings (SSSR count). The number of carbonyl (C=O) groups is 1. The van der Waals surface area contributed by atoms with E-state index in [9.17, 15) is 14.3 Å². The first-order chi connectivity index (χ1) is 14.9. The minimum absolute atomic E-state index is 0.0144. The second-order valence-electron chi connectivity index (χ2n) is 7.36. The number of rotatable bonds is 9. The maximum absolute atomic E-state index is 14.2. The number of amides is 1. The van der Waals surface area contributed by atoms with Crippen LogP contribution in [0.25, 0.3) is 0 Å². The van der Waals surface area contributed by atoms with Crippen LogP contribution in [0, 0.1) is 5.82 Å². The van der Waals surface area contributed by atoms with Gasteiger partial charge >= 0.3 is 0 Å². The van der Waals surface area contributed by atoms with Crippen LogP contribution in [0.5, 0.6) is 0 Å². The summed E-state index contributed by atoms with van der Waals surface area (Å²) in [4.78, 5) is 15.2. The quantitative estimate of drug-likeness (QED) is 0.360. The average molecular weight is 444 g/mol. The molecule has 3 heterocycles. The molecule has 3 aromatic rings. The molecule has 3 aromatic heterocycles. The number of aliphatic hydroxyl groups excluding tert-OH is 1. The van der Waals surface area contributed by atoms with Crippen LogP contribution in [0.15, 0.2) is 30.5 Å². The Morgan fingerprint density at radius 2 is 2.10 bits per heavy atom. The number of halogens is 1. The van der Waals surface area contributed by atoms with Crippen molar-refractivity contribution in [3.63, 3.8) is 0 Å². The minimum atomic E-state index is -1.16. The second kappa shape index (κ2) is 8.86. The topological polar surface area (TPSA) is 152 Å². The first-order valence-corrected chi connectivity index (χ1v) is 10.5. The highest BCUT2D eigenvalue weighted by atomic mass is 32.1. The summed E-state index contributed by atoms with van der Waals surface area (Å²) in [6, 6.07) is 6.32. The maximum atomic E-state index is 14.2. The highest BCUT2D eigenvalue weighted by molar-refractivity contribution is 7.15. The first-order valence-electron chi connectivity index (χ1n) is 9.69. The molecule has 10 nitrogen and oxygen atoms in total. The van der Waals surface area contributed by atoms with Crippen LogP contribution in [-0.4, -0.2) is 42.9 Å². The van der Waals surface area contributed by atoms with E-state index in [4.69, 9.17) is 5.73 Å². The van der Waals surface area contributed by atoms with Crippen molar-refractivity contribution in [1.29, 1.82) is 0 Å². The van der Waals surface area contributed by atoms with Gasteiger partial charge in [-0.1, -0.05) is 17.8 Å². The van der Waals surface area contributed by atoms with Gasteiger partial charge in [-0.05, 0) is 37.1 Å². The SMILES string of the molecule is NC(=O)Cc1nnc(NC(O)c2ccc(NCC3(c4ncccc4F)CCC3)nn2)s1. The maximum Gasteiger partial charge on any atom is 0.224 e. The molecule has 1 unspecified atom stereocenters. The van der Waals surface area contributed by atoms with Gasteiger partial charge in [-0.3, -0.25) is 9.78 Å². The molecular weight excluding hydrogens is 423 g/mol. The number of nitrogens with one attached hydrogen (secondary N) is 2. The van der Waals surface area contributed by atoms with E-state index in [-0.39, 0.29) is 23.3 Å². The van der Waals surface area contributed by atoms with Gasteiger partial charge in [-0.15, -0.1) is 20.4 Å². The number of hydrogen-bond donors (Lipinski definition) is 4. The van der Waals surface area contributed by atoms with Gasteiger partial charge in [-0.25, -0.2) is 4.39 Å². The molecule has 1 atom stereocenters. The van der Waals surface area contributed by atoms with Gasteiger partial charge in [0.2, 0.25) is 11.0 Å². The van der Waals surface area contributed by atoms with Crippen LogP contribution in [0.1, 0.15) is 41.9 Å². The molecule has 12 heteroatoms. The molecule has 0 bridgehead atoms. The van der Waals surface area contributed by atoms with Gasteiger partial charge < -0.3 is 21.5 Å². The fourth-order valence-corrected chi connectivity index (χ4v) is 4.21. The first kappa shape index (κ1) is 21.0. The molecule has 1 saturated carbocycles. The van der Waals surface area contributed by atoms with Crippen LogP contribution >= 0.6 is 11.3 Å². The van der Waals surface area contributed by atoms with Crippen molar-refractivity contribution in [3.05, 3.63) is 52.7 Å². The molecule has 0 radical (unpaired) electrons. The van der Waals surface area contributed by atoms with Gasteiger partial charge in [0.1, 0.15) is 22.3 Å². The number of nitrogens with two attached hydrogens (primary N) is 1. The summed E-state index contributed by atoms with van der Waals surface area (Å²) in [5.74, 6) is -0.291. The molecule has 5 N–H and O–H groups in total. The highest BCUT2D eigenvalue weighted by Gasteiger charge is 2.41. The zero-order chi connectivity index (χ0) is 21.8. The molecule has 162 valence electrons. The van der Waals surface area contributed by atoms with Gasteiger partial charge in [0, 0.05) is 18.2 Å². The lowest BCUT2D eigenvalue weighted by Gasteiger charge is -2.41. The van der Waals surface area contributed by atoms with Gasteiger partial charge in [0.15, 0.2) is 6.23 Å². The summed E-state index contributed by atoms with van der Waals surface area (Å²) in [6.07, 6.45) is 3.16. The third kappa shape index (κ3) is 4.75. The Hall–Kier alpha value is -3.25. The summed E-state index contributed by atoms with van der Waals surface area (Å²) in [5, 5.41) is 32.8. The van der Waals surface area contributed by atoms with Crippen molar-refractivity contribution in [3.8, 4) is 0 Å². The number of carbonyl (C=O) groups excluding carboxylic acids is 1. The normalized spacial score (nSPS) is 15.7. The summed E-state index contributed by atoms with van der Waals surface area (Å²) < 4.78 is 14.2. The largest absolute Gasteiger partial charge is 0.369 e. The molecule has 1 aliphatic carbocycles. The summed E-state index contributed by atoms with van der Waals surface area (Å²) in [5.41, 5.74) is 5.54. The zero-order valence-corrected chi connectivity index (χ0v) is 17.3. The number of anilines is 2. The van der Waals surface area contributed by atoms with Gasteiger partial charge in [-0.2, -0.15) is 0 Å².